The van der Waals surface area contributed by atoms with E-state index in [1.807, 2.05) is 11.8 Å². The molecule has 0 bridgehead atoms. The van der Waals surface area contributed by atoms with Gasteiger partial charge in [-0.3, -0.25) is 0 Å². The van der Waals surface area contributed by atoms with Crippen LogP contribution in [-0.2, 0) is 10.8 Å². The summed E-state index contributed by atoms with van der Waals surface area (Å²) in [6, 6.07) is 68.6. The quantitative estimate of drug-likeness (QED) is 0.191. The Morgan fingerprint density at radius 2 is 0.964 bits per heavy atom. The lowest BCUT2D eigenvalue weighted by Gasteiger charge is -2.49. The molecular formula is C52H32N2S2. The van der Waals surface area contributed by atoms with Crippen LogP contribution < -0.4 is 5.32 Å². The fourth-order valence-corrected chi connectivity index (χ4v) is 12.8. The standard InChI is InChI=1S/C52H32N2S2/c1-3-15-37-33(13-1)35-27-25-31(49-53-45-21-9-11-23-47(45)55-49)29-43(35)51(37)39-17-5-7-19-41(39)52(42-20-8-6-18-40(42)51)38-16-4-2-14-34(38)36-28-26-32(30-44(36)52)50-54-46-22-10-12-24-48(46)56-50/h1-30,49,53H. The minimum Gasteiger partial charge on any atom is -0.368 e. The first-order valence-electron chi connectivity index (χ1n) is 19.3. The summed E-state index contributed by atoms with van der Waals surface area (Å²) < 4.78 is 1.21. The zero-order valence-corrected chi connectivity index (χ0v) is 31.8. The largest absolute Gasteiger partial charge is 0.368 e. The molecule has 2 spiro atoms. The molecule has 2 nitrogen and oxygen atoms in total. The molecule has 13 rings (SSSR count). The second kappa shape index (κ2) is 11.2. The van der Waals surface area contributed by atoms with Crippen LogP contribution in [-0.4, -0.2) is 4.98 Å². The molecule has 1 unspecified atom stereocenters. The van der Waals surface area contributed by atoms with Crippen molar-refractivity contribution in [3.05, 3.63) is 232 Å². The van der Waals surface area contributed by atoms with Gasteiger partial charge < -0.3 is 5.32 Å². The lowest BCUT2D eigenvalue weighted by atomic mass is 9.52. The van der Waals surface area contributed by atoms with Gasteiger partial charge in [-0.25, -0.2) is 4.98 Å². The topological polar surface area (TPSA) is 24.9 Å². The minimum absolute atomic E-state index is 0.133. The van der Waals surface area contributed by atoms with Gasteiger partial charge in [-0.05, 0) is 103 Å². The molecule has 2 heterocycles. The third-order valence-corrected chi connectivity index (χ3v) is 15.2. The molecular weight excluding hydrogens is 717 g/mol. The number of nitrogens with zero attached hydrogens (tertiary/aromatic N) is 1. The zero-order chi connectivity index (χ0) is 36.6. The molecule has 4 aliphatic rings. The molecule has 0 radical (unpaired) electrons. The van der Waals surface area contributed by atoms with Crippen molar-refractivity contribution in [2.24, 2.45) is 0 Å². The van der Waals surface area contributed by atoms with E-state index < -0.39 is 10.8 Å². The zero-order valence-electron chi connectivity index (χ0n) is 30.2. The highest BCUT2D eigenvalue weighted by Gasteiger charge is 2.59. The molecule has 8 aromatic carbocycles. The first-order valence-corrected chi connectivity index (χ1v) is 21.0. The van der Waals surface area contributed by atoms with Crippen LogP contribution >= 0.6 is 23.1 Å². The number of hydrogen-bond acceptors (Lipinski definition) is 4. The molecule has 0 saturated carbocycles. The highest BCUT2D eigenvalue weighted by atomic mass is 32.2. The molecule has 56 heavy (non-hydrogen) atoms. The lowest BCUT2D eigenvalue weighted by molar-refractivity contribution is 0.632. The average Bonchev–Trinajstić information content (AvgIpc) is 4.03. The lowest BCUT2D eigenvalue weighted by Crippen LogP contribution is -2.43. The molecule has 3 aliphatic carbocycles. The van der Waals surface area contributed by atoms with Crippen molar-refractivity contribution < 1.29 is 0 Å². The summed E-state index contributed by atoms with van der Waals surface area (Å²) in [4.78, 5) is 6.45. The summed E-state index contributed by atoms with van der Waals surface area (Å²) in [5.74, 6) is 0. The van der Waals surface area contributed by atoms with Gasteiger partial charge in [-0.15, -0.1) is 11.3 Å². The van der Waals surface area contributed by atoms with Crippen LogP contribution in [0.4, 0.5) is 5.69 Å². The van der Waals surface area contributed by atoms with Gasteiger partial charge in [0.2, 0.25) is 0 Å². The SMILES string of the molecule is c1ccc2c(c1)NC(c1ccc3c(c1)C1(c4ccccc4-3)c3ccccc3C3(c4ccccc4-c4ccc(-c5nc6ccccc6s5)cc43)c3ccccc31)S2. The molecule has 1 N–H and O–H groups in total. The Morgan fingerprint density at radius 3 is 1.61 bits per heavy atom. The maximum Gasteiger partial charge on any atom is 0.124 e. The fraction of sp³-hybridized carbons (Fsp3) is 0.0577. The molecule has 4 heteroatoms. The van der Waals surface area contributed by atoms with Crippen molar-refractivity contribution >= 4 is 39.0 Å². The van der Waals surface area contributed by atoms with Gasteiger partial charge in [-0.1, -0.05) is 163 Å². The number of benzene rings is 8. The molecule has 0 saturated heterocycles. The summed E-state index contributed by atoms with van der Waals surface area (Å²) in [6.45, 7) is 0. The van der Waals surface area contributed by atoms with E-state index in [2.05, 4.69) is 187 Å². The van der Waals surface area contributed by atoms with Crippen LogP contribution in [0.3, 0.4) is 0 Å². The van der Waals surface area contributed by atoms with Gasteiger partial charge in [0.15, 0.2) is 0 Å². The van der Waals surface area contributed by atoms with Crippen LogP contribution in [0.25, 0.3) is 43.0 Å². The van der Waals surface area contributed by atoms with E-state index in [4.69, 9.17) is 4.98 Å². The number of thioether (sulfide) groups is 1. The summed E-state index contributed by atoms with van der Waals surface area (Å²) in [5, 5.41) is 5.03. The monoisotopic (exact) mass is 748 g/mol. The Kier molecular flexibility index (Phi) is 6.21. The van der Waals surface area contributed by atoms with E-state index in [-0.39, 0.29) is 5.37 Å². The maximum atomic E-state index is 5.15. The van der Waals surface area contributed by atoms with Crippen molar-refractivity contribution in [1.82, 2.24) is 4.98 Å². The van der Waals surface area contributed by atoms with E-state index >= 15 is 0 Å². The molecule has 9 aromatic rings. The third kappa shape index (κ3) is 3.81. The van der Waals surface area contributed by atoms with E-state index in [0.29, 0.717) is 0 Å². The minimum atomic E-state index is -0.531. The smallest absolute Gasteiger partial charge is 0.124 e. The second-order valence-electron chi connectivity index (χ2n) is 15.4. The van der Waals surface area contributed by atoms with Crippen molar-refractivity contribution in [2.45, 2.75) is 21.1 Å². The van der Waals surface area contributed by atoms with Crippen molar-refractivity contribution in [3.8, 4) is 32.8 Å². The summed E-state index contributed by atoms with van der Waals surface area (Å²) in [5.41, 5.74) is 19.7. The van der Waals surface area contributed by atoms with Crippen molar-refractivity contribution in [1.29, 1.82) is 0 Å². The number of hydrogen-bond donors (Lipinski definition) is 1. The maximum absolute atomic E-state index is 5.15. The Labute approximate surface area is 333 Å². The Bertz CT molecular complexity index is 3030. The van der Waals surface area contributed by atoms with Gasteiger partial charge in [0.25, 0.3) is 0 Å². The van der Waals surface area contributed by atoms with Gasteiger partial charge in [0.05, 0.1) is 21.0 Å². The van der Waals surface area contributed by atoms with Gasteiger partial charge in [0, 0.05) is 16.1 Å². The summed E-state index contributed by atoms with van der Waals surface area (Å²) in [7, 11) is 0. The highest BCUT2D eigenvalue weighted by molar-refractivity contribution is 8.00. The first kappa shape index (κ1) is 31.1. The predicted octanol–water partition coefficient (Wildman–Crippen LogP) is 13.2. The van der Waals surface area contributed by atoms with Gasteiger partial charge in [-0.2, -0.15) is 0 Å². The van der Waals surface area contributed by atoms with Crippen LogP contribution in [0.15, 0.2) is 187 Å². The van der Waals surface area contributed by atoms with Gasteiger partial charge >= 0.3 is 0 Å². The normalized spacial score (nSPS) is 20.2. The van der Waals surface area contributed by atoms with Gasteiger partial charge in [0.1, 0.15) is 10.4 Å². The number of fused-ring (bicyclic) bond motifs is 18. The van der Waals surface area contributed by atoms with Crippen molar-refractivity contribution in [3.63, 3.8) is 0 Å². The molecule has 0 amide bonds. The van der Waals surface area contributed by atoms with Crippen molar-refractivity contribution in [2.75, 3.05) is 5.32 Å². The van der Waals surface area contributed by atoms with Crippen LogP contribution in [0, 0.1) is 0 Å². The first-order chi connectivity index (χ1) is 27.7. The average molecular weight is 749 g/mol. The van der Waals surface area contributed by atoms with Crippen LogP contribution in [0.2, 0.25) is 0 Å². The Hall–Kier alpha value is -6.20. The Morgan fingerprint density at radius 1 is 0.446 bits per heavy atom. The molecule has 0 fully saturated rings. The number of para-hydroxylation sites is 2. The van der Waals surface area contributed by atoms with E-state index in [1.165, 1.54) is 87.6 Å². The number of anilines is 1. The number of rotatable bonds is 2. The van der Waals surface area contributed by atoms with E-state index in [0.717, 1.165) is 16.1 Å². The Balaban J connectivity index is 1.11. The molecule has 1 aliphatic heterocycles. The predicted molar refractivity (Wildman–Crippen MR) is 232 cm³/mol. The molecule has 1 aromatic heterocycles. The summed E-state index contributed by atoms with van der Waals surface area (Å²) in [6.07, 6.45) is 0. The number of thiazole rings is 1. The second-order valence-corrected chi connectivity index (χ2v) is 17.6. The summed E-state index contributed by atoms with van der Waals surface area (Å²) >= 11 is 3.69. The van der Waals surface area contributed by atoms with Crippen LogP contribution in [0.5, 0.6) is 0 Å². The van der Waals surface area contributed by atoms with E-state index in [1.54, 1.807) is 11.3 Å². The van der Waals surface area contributed by atoms with Crippen LogP contribution in [0.1, 0.15) is 55.4 Å². The fourth-order valence-electron chi connectivity index (χ4n) is 10.7. The molecule has 1 atom stereocenters. The number of aromatic nitrogens is 1. The molecule has 262 valence electrons. The number of nitrogens with one attached hydrogen (secondary N) is 1. The third-order valence-electron chi connectivity index (χ3n) is 12.8. The van der Waals surface area contributed by atoms with E-state index in [9.17, 15) is 0 Å². The highest BCUT2D eigenvalue weighted by Crippen LogP contribution is 2.68.